The zero-order valence-electron chi connectivity index (χ0n) is 15.7. The number of hydrogen-bond acceptors (Lipinski definition) is 6. The first-order chi connectivity index (χ1) is 14.0. The molecule has 0 amide bonds. The van der Waals surface area contributed by atoms with Gasteiger partial charge in [-0.2, -0.15) is 0 Å². The molecule has 29 heavy (non-hydrogen) atoms. The van der Waals surface area contributed by atoms with Gasteiger partial charge < -0.3 is 9.15 Å². The number of carbonyl (C=O) groups is 1. The number of benzene rings is 1. The maximum Gasteiger partial charge on any atom is 0.338 e. The highest BCUT2D eigenvalue weighted by Crippen LogP contribution is 2.31. The maximum absolute atomic E-state index is 13.3. The molecule has 0 aliphatic carbocycles. The summed E-state index contributed by atoms with van der Waals surface area (Å²) >= 11 is 7.31. The van der Waals surface area contributed by atoms with Gasteiger partial charge >= 0.3 is 5.97 Å². The molecule has 1 aliphatic heterocycles. The highest BCUT2D eigenvalue weighted by molar-refractivity contribution is 7.07. The fraction of sp³-hybridized carbons (Fsp3) is 0.190. The van der Waals surface area contributed by atoms with Crippen LogP contribution in [-0.4, -0.2) is 17.1 Å². The van der Waals surface area contributed by atoms with Crippen molar-refractivity contribution in [2.75, 3.05) is 6.61 Å². The molecule has 8 heteroatoms. The quantitative estimate of drug-likeness (QED) is 0.599. The van der Waals surface area contributed by atoms with Crippen molar-refractivity contribution in [1.29, 1.82) is 0 Å². The smallest absolute Gasteiger partial charge is 0.338 e. The summed E-state index contributed by atoms with van der Waals surface area (Å²) in [5.74, 6) is -0.488. The Morgan fingerprint density at radius 3 is 2.76 bits per heavy atom. The summed E-state index contributed by atoms with van der Waals surface area (Å²) in [6.45, 7) is 3.72. The summed E-state index contributed by atoms with van der Waals surface area (Å²) < 4.78 is 12.4. The van der Waals surface area contributed by atoms with E-state index in [9.17, 15) is 9.59 Å². The van der Waals surface area contributed by atoms with Gasteiger partial charge in [0, 0.05) is 10.6 Å². The predicted octanol–water partition coefficient (Wildman–Crippen LogP) is 3.04. The van der Waals surface area contributed by atoms with Crippen molar-refractivity contribution in [2.24, 2.45) is 4.99 Å². The Morgan fingerprint density at radius 1 is 1.34 bits per heavy atom. The maximum atomic E-state index is 13.3. The molecule has 1 aliphatic rings. The molecule has 1 atom stereocenters. The van der Waals surface area contributed by atoms with Crippen molar-refractivity contribution in [3.63, 3.8) is 0 Å². The van der Waals surface area contributed by atoms with E-state index in [2.05, 4.69) is 4.99 Å². The van der Waals surface area contributed by atoms with E-state index in [0.29, 0.717) is 25.6 Å². The molecule has 0 unspecified atom stereocenters. The number of furan rings is 1. The van der Waals surface area contributed by atoms with Crippen molar-refractivity contribution in [1.82, 2.24) is 4.57 Å². The van der Waals surface area contributed by atoms with E-state index in [4.69, 9.17) is 20.8 Å². The average Bonchev–Trinajstić information content (AvgIpc) is 3.30. The summed E-state index contributed by atoms with van der Waals surface area (Å²) in [6.07, 6.45) is 4.85. The van der Waals surface area contributed by atoms with Gasteiger partial charge in [0.2, 0.25) is 0 Å². The molecule has 3 heterocycles. The Balaban J connectivity index is 1.97. The number of aromatic nitrogens is 1. The van der Waals surface area contributed by atoms with Crippen LogP contribution in [0.5, 0.6) is 0 Å². The highest BCUT2D eigenvalue weighted by atomic mass is 35.5. The molecule has 0 radical (unpaired) electrons. The molecule has 148 valence electrons. The Labute approximate surface area is 175 Å². The second kappa shape index (κ2) is 7.85. The zero-order valence-corrected chi connectivity index (χ0v) is 17.3. The Bertz CT molecular complexity index is 1270. The number of thiazole rings is 1. The summed E-state index contributed by atoms with van der Waals surface area (Å²) in [4.78, 5) is 31.1. The van der Waals surface area contributed by atoms with Crippen LogP contribution >= 0.6 is 22.9 Å². The minimum atomic E-state index is -0.644. The number of fused-ring (bicyclic) bond motifs is 1. The summed E-state index contributed by atoms with van der Waals surface area (Å²) in [7, 11) is 0. The number of allylic oxidation sites excluding steroid dienone is 1. The monoisotopic (exact) mass is 428 g/mol. The van der Waals surface area contributed by atoms with Crippen LogP contribution in [0.4, 0.5) is 0 Å². The van der Waals surface area contributed by atoms with Gasteiger partial charge in [-0.25, -0.2) is 9.79 Å². The largest absolute Gasteiger partial charge is 0.472 e. The molecule has 0 fully saturated rings. The van der Waals surface area contributed by atoms with Crippen LogP contribution < -0.4 is 14.9 Å². The number of esters is 1. The lowest BCUT2D eigenvalue weighted by Crippen LogP contribution is -2.39. The standard InChI is InChI=1S/C21H17ClN2O4S/c1-3-28-20(26)17-12(2)23-21-24(18(17)14-4-6-15(22)7-5-14)19(25)16(29-21)10-13-8-9-27-11-13/h4-11,18H,3H2,1-2H3/t18-/m0/s1. The molecular weight excluding hydrogens is 412 g/mol. The first-order valence-electron chi connectivity index (χ1n) is 8.97. The normalized spacial score (nSPS) is 16.5. The summed E-state index contributed by atoms with van der Waals surface area (Å²) in [6, 6.07) is 8.20. The molecular formula is C21H17ClN2O4S. The van der Waals surface area contributed by atoms with E-state index in [1.807, 2.05) is 0 Å². The third-order valence-electron chi connectivity index (χ3n) is 4.54. The van der Waals surface area contributed by atoms with Crippen LogP contribution in [0.15, 0.2) is 68.3 Å². The van der Waals surface area contributed by atoms with Gasteiger partial charge in [0.15, 0.2) is 4.80 Å². The Morgan fingerprint density at radius 2 is 2.10 bits per heavy atom. The molecule has 0 bridgehead atoms. The van der Waals surface area contributed by atoms with Crippen LogP contribution in [0.1, 0.15) is 31.0 Å². The average molecular weight is 429 g/mol. The molecule has 1 aromatic carbocycles. The highest BCUT2D eigenvalue weighted by Gasteiger charge is 2.33. The van der Waals surface area contributed by atoms with Gasteiger partial charge in [-0.15, -0.1) is 0 Å². The van der Waals surface area contributed by atoms with E-state index in [1.165, 1.54) is 11.3 Å². The van der Waals surface area contributed by atoms with E-state index >= 15 is 0 Å². The number of hydrogen-bond donors (Lipinski definition) is 0. The second-order valence-electron chi connectivity index (χ2n) is 6.41. The van der Waals surface area contributed by atoms with Crippen molar-refractivity contribution in [3.8, 4) is 0 Å². The lowest BCUT2D eigenvalue weighted by atomic mass is 9.96. The SMILES string of the molecule is CCOC(=O)C1=C(C)N=c2sc(=Cc3ccoc3)c(=O)n2[C@H]1c1ccc(Cl)cc1. The molecule has 0 saturated carbocycles. The lowest BCUT2D eigenvalue weighted by molar-refractivity contribution is -0.139. The summed E-state index contributed by atoms with van der Waals surface area (Å²) in [5, 5.41) is 0.569. The number of halogens is 1. The van der Waals surface area contributed by atoms with Gasteiger partial charge in [0.05, 0.1) is 41.0 Å². The van der Waals surface area contributed by atoms with Gasteiger partial charge in [-0.1, -0.05) is 35.1 Å². The molecule has 6 nitrogen and oxygen atoms in total. The first-order valence-corrected chi connectivity index (χ1v) is 10.2. The van der Waals surface area contributed by atoms with Crippen molar-refractivity contribution < 1.29 is 13.9 Å². The van der Waals surface area contributed by atoms with E-state index in [0.717, 1.165) is 11.1 Å². The fourth-order valence-corrected chi connectivity index (χ4v) is 4.43. The van der Waals surface area contributed by atoms with Crippen LogP contribution in [0.25, 0.3) is 6.08 Å². The number of rotatable bonds is 4. The predicted molar refractivity (Wildman–Crippen MR) is 111 cm³/mol. The lowest BCUT2D eigenvalue weighted by Gasteiger charge is -2.24. The Kier molecular flexibility index (Phi) is 5.25. The van der Waals surface area contributed by atoms with E-state index in [-0.39, 0.29) is 12.2 Å². The minimum absolute atomic E-state index is 0.230. The third-order valence-corrected chi connectivity index (χ3v) is 5.78. The van der Waals surface area contributed by atoms with Gasteiger partial charge in [0.25, 0.3) is 5.56 Å². The topological polar surface area (TPSA) is 73.8 Å². The molecule has 0 N–H and O–H groups in total. The van der Waals surface area contributed by atoms with Gasteiger partial charge in [0.1, 0.15) is 0 Å². The minimum Gasteiger partial charge on any atom is -0.472 e. The molecule has 4 rings (SSSR count). The molecule has 0 spiro atoms. The Hall–Kier alpha value is -2.90. The number of nitrogens with zero attached hydrogens (tertiary/aromatic N) is 2. The first kappa shape index (κ1) is 19.4. The van der Waals surface area contributed by atoms with Crippen LogP contribution in [0.2, 0.25) is 5.02 Å². The molecule has 3 aromatic rings. The third kappa shape index (κ3) is 3.59. The fourth-order valence-electron chi connectivity index (χ4n) is 3.26. The van der Waals surface area contributed by atoms with Gasteiger partial charge in [-0.3, -0.25) is 9.36 Å². The molecule has 0 saturated heterocycles. The number of carbonyl (C=O) groups excluding carboxylic acids is 1. The van der Waals surface area contributed by atoms with Crippen LogP contribution in [-0.2, 0) is 9.53 Å². The van der Waals surface area contributed by atoms with Crippen molar-refractivity contribution in [2.45, 2.75) is 19.9 Å². The zero-order chi connectivity index (χ0) is 20.5. The summed E-state index contributed by atoms with van der Waals surface area (Å²) in [5.41, 5.74) is 2.17. The van der Waals surface area contributed by atoms with E-state index < -0.39 is 12.0 Å². The van der Waals surface area contributed by atoms with Crippen LogP contribution in [0.3, 0.4) is 0 Å². The molecule has 2 aromatic heterocycles. The van der Waals surface area contributed by atoms with Gasteiger partial charge in [-0.05, 0) is 43.7 Å². The number of ether oxygens (including phenoxy) is 1. The van der Waals surface area contributed by atoms with Crippen molar-refractivity contribution >= 4 is 35.0 Å². The van der Waals surface area contributed by atoms with E-state index in [1.54, 1.807) is 67.3 Å². The van der Waals surface area contributed by atoms with Crippen LogP contribution in [0, 0.1) is 0 Å². The second-order valence-corrected chi connectivity index (χ2v) is 7.86. The van der Waals surface area contributed by atoms with Crippen molar-refractivity contribution in [3.05, 3.63) is 90.0 Å².